The highest BCUT2D eigenvalue weighted by Gasteiger charge is 2.23. The molecule has 148 valence electrons. The SMILES string of the molecule is Cc1cc(C)cc(C(=O)N2CCN(c3cc(-c4ccc(Cl)cc4)ncn3)CC2)c1. The average molecular weight is 407 g/mol. The fourth-order valence-electron chi connectivity index (χ4n) is 3.72. The summed E-state index contributed by atoms with van der Waals surface area (Å²) in [5.74, 6) is 0.976. The van der Waals surface area contributed by atoms with Crippen molar-refractivity contribution in [3.63, 3.8) is 0 Å². The van der Waals surface area contributed by atoms with E-state index in [1.807, 2.05) is 61.2 Å². The van der Waals surface area contributed by atoms with Crippen molar-refractivity contribution in [2.75, 3.05) is 31.1 Å². The number of aryl methyl sites for hydroxylation is 2. The molecule has 2 aromatic carbocycles. The number of halogens is 1. The van der Waals surface area contributed by atoms with E-state index in [9.17, 15) is 4.79 Å². The molecule has 0 aliphatic carbocycles. The largest absolute Gasteiger partial charge is 0.353 e. The van der Waals surface area contributed by atoms with E-state index in [-0.39, 0.29) is 5.91 Å². The van der Waals surface area contributed by atoms with Gasteiger partial charge in [-0.2, -0.15) is 0 Å². The summed E-state index contributed by atoms with van der Waals surface area (Å²) in [6, 6.07) is 15.6. The molecule has 3 aromatic rings. The second-order valence-electron chi connectivity index (χ2n) is 7.42. The lowest BCUT2D eigenvalue weighted by Gasteiger charge is -2.35. The van der Waals surface area contributed by atoms with Gasteiger partial charge in [-0.15, -0.1) is 0 Å². The van der Waals surface area contributed by atoms with E-state index in [4.69, 9.17) is 11.6 Å². The van der Waals surface area contributed by atoms with Crippen LogP contribution in [0.4, 0.5) is 5.82 Å². The first kappa shape index (κ1) is 19.4. The van der Waals surface area contributed by atoms with Crippen LogP contribution >= 0.6 is 11.6 Å². The number of hydrogen-bond donors (Lipinski definition) is 0. The fraction of sp³-hybridized carbons (Fsp3) is 0.261. The molecule has 0 bridgehead atoms. The standard InChI is InChI=1S/C23H23ClN4O/c1-16-11-17(2)13-19(12-16)23(29)28-9-7-27(8-10-28)22-14-21(25-15-26-22)18-3-5-20(24)6-4-18/h3-6,11-15H,7-10H2,1-2H3. The lowest BCUT2D eigenvalue weighted by Crippen LogP contribution is -2.49. The van der Waals surface area contributed by atoms with E-state index < -0.39 is 0 Å². The quantitative estimate of drug-likeness (QED) is 0.647. The molecule has 0 unspecified atom stereocenters. The number of rotatable bonds is 3. The summed E-state index contributed by atoms with van der Waals surface area (Å²) in [4.78, 5) is 25.8. The third-order valence-corrected chi connectivity index (χ3v) is 5.40. The van der Waals surface area contributed by atoms with Gasteiger partial charge in [0.15, 0.2) is 0 Å². The van der Waals surface area contributed by atoms with Crippen molar-refractivity contribution in [1.82, 2.24) is 14.9 Å². The molecule has 1 aromatic heterocycles. The van der Waals surface area contributed by atoms with E-state index in [0.717, 1.165) is 46.9 Å². The van der Waals surface area contributed by atoms with Crippen molar-refractivity contribution in [1.29, 1.82) is 0 Å². The summed E-state index contributed by atoms with van der Waals surface area (Å²) >= 11 is 5.98. The monoisotopic (exact) mass is 406 g/mol. The molecule has 6 heteroatoms. The summed E-state index contributed by atoms with van der Waals surface area (Å²) in [6.45, 7) is 6.88. The van der Waals surface area contributed by atoms with Gasteiger partial charge in [0, 0.05) is 48.4 Å². The molecule has 1 amide bonds. The summed E-state index contributed by atoms with van der Waals surface area (Å²) in [5, 5.41) is 0.702. The highest BCUT2D eigenvalue weighted by molar-refractivity contribution is 6.30. The third kappa shape index (κ3) is 4.40. The number of hydrogen-bond acceptors (Lipinski definition) is 4. The van der Waals surface area contributed by atoms with Crippen LogP contribution in [0.25, 0.3) is 11.3 Å². The number of carbonyl (C=O) groups is 1. The molecule has 0 saturated carbocycles. The Morgan fingerprint density at radius 3 is 2.21 bits per heavy atom. The van der Waals surface area contributed by atoms with Crippen LogP contribution in [0.3, 0.4) is 0 Å². The van der Waals surface area contributed by atoms with Crippen molar-refractivity contribution >= 4 is 23.3 Å². The maximum Gasteiger partial charge on any atom is 0.253 e. The minimum Gasteiger partial charge on any atom is -0.353 e. The normalized spacial score (nSPS) is 14.2. The van der Waals surface area contributed by atoms with Crippen molar-refractivity contribution < 1.29 is 4.79 Å². The fourth-order valence-corrected chi connectivity index (χ4v) is 3.84. The van der Waals surface area contributed by atoms with Crippen molar-refractivity contribution in [2.24, 2.45) is 0 Å². The van der Waals surface area contributed by atoms with Crippen LogP contribution < -0.4 is 4.90 Å². The highest BCUT2D eigenvalue weighted by atomic mass is 35.5. The molecule has 1 fully saturated rings. The van der Waals surface area contributed by atoms with Crippen LogP contribution in [-0.2, 0) is 0 Å². The van der Waals surface area contributed by atoms with Crippen molar-refractivity contribution in [3.8, 4) is 11.3 Å². The Hall–Kier alpha value is -2.92. The number of amides is 1. The Morgan fingerprint density at radius 1 is 0.897 bits per heavy atom. The summed E-state index contributed by atoms with van der Waals surface area (Å²) < 4.78 is 0. The Labute approximate surface area is 176 Å². The van der Waals surface area contributed by atoms with Gasteiger partial charge in [0.25, 0.3) is 5.91 Å². The molecule has 5 nitrogen and oxygen atoms in total. The van der Waals surface area contributed by atoms with Crippen LogP contribution in [0.1, 0.15) is 21.5 Å². The van der Waals surface area contributed by atoms with Gasteiger partial charge in [-0.05, 0) is 38.1 Å². The maximum atomic E-state index is 12.9. The number of benzene rings is 2. The highest BCUT2D eigenvalue weighted by Crippen LogP contribution is 2.23. The van der Waals surface area contributed by atoms with Crippen molar-refractivity contribution in [3.05, 3.63) is 76.6 Å². The molecule has 0 spiro atoms. The van der Waals surface area contributed by atoms with Gasteiger partial charge >= 0.3 is 0 Å². The Morgan fingerprint density at radius 2 is 1.55 bits per heavy atom. The van der Waals surface area contributed by atoms with E-state index >= 15 is 0 Å². The molecule has 4 rings (SSSR count). The number of nitrogens with zero attached hydrogens (tertiary/aromatic N) is 4. The summed E-state index contributed by atoms with van der Waals surface area (Å²) in [5.41, 5.74) is 4.86. The van der Waals surface area contributed by atoms with E-state index in [1.165, 1.54) is 0 Å². The number of anilines is 1. The molecule has 0 N–H and O–H groups in total. The van der Waals surface area contributed by atoms with Gasteiger partial charge in [0.1, 0.15) is 12.1 Å². The molecule has 1 aliphatic rings. The first-order valence-corrected chi connectivity index (χ1v) is 10.1. The Kier molecular flexibility index (Phi) is 5.49. The van der Waals surface area contributed by atoms with Gasteiger partial charge in [0.2, 0.25) is 0 Å². The Bertz CT molecular complexity index is 1010. The zero-order valence-corrected chi connectivity index (χ0v) is 17.4. The number of piperazine rings is 1. The van der Waals surface area contributed by atoms with Gasteiger partial charge < -0.3 is 9.80 Å². The zero-order valence-electron chi connectivity index (χ0n) is 16.6. The van der Waals surface area contributed by atoms with Crippen LogP contribution in [0, 0.1) is 13.8 Å². The van der Waals surface area contributed by atoms with Gasteiger partial charge in [-0.25, -0.2) is 9.97 Å². The van der Waals surface area contributed by atoms with E-state index in [0.29, 0.717) is 18.1 Å². The number of carbonyl (C=O) groups excluding carboxylic acids is 1. The molecule has 29 heavy (non-hydrogen) atoms. The lowest BCUT2D eigenvalue weighted by atomic mass is 10.1. The van der Waals surface area contributed by atoms with Crippen LogP contribution in [0.15, 0.2) is 54.9 Å². The predicted octanol–water partition coefficient (Wildman–Crippen LogP) is 4.38. The molecule has 1 aliphatic heterocycles. The minimum absolute atomic E-state index is 0.0981. The van der Waals surface area contributed by atoms with Gasteiger partial charge in [-0.3, -0.25) is 4.79 Å². The molecule has 0 atom stereocenters. The smallest absolute Gasteiger partial charge is 0.253 e. The molecule has 1 saturated heterocycles. The second-order valence-corrected chi connectivity index (χ2v) is 7.86. The van der Waals surface area contributed by atoms with Crippen LogP contribution in [-0.4, -0.2) is 47.0 Å². The minimum atomic E-state index is 0.0981. The zero-order chi connectivity index (χ0) is 20.4. The second kappa shape index (κ2) is 8.21. The first-order chi connectivity index (χ1) is 14.0. The maximum absolute atomic E-state index is 12.9. The van der Waals surface area contributed by atoms with Crippen LogP contribution in [0.2, 0.25) is 5.02 Å². The first-order valence-electron chi connectivity index (χ1n) is 9.70. The molecule has 2 heterocycles. The molecular formula is C23H23ClN4O. The predicted molar refractivity (Wildman–Crippen MR) is 117 cm³/mol. The van der Waals surface area contributed by atoms with E-state index in [1.54, 1.807) is 6.33 Å². The summed E-state index contributed by atoms with van der Waals surface area (Å²) in [7, 11) is 0. The molecule has 0 radical (unpaired) electrons. The summed E-state index contributed by atoms with van der Waals surface area (Å²) in [6.07, 6.45) is 1.59. The van der Waals surface area contributed by atoms with Crippen LogP contribution in [0.5, 0.6) is 0 Å². The van der Waals surface area contributed by atoms with Crippen molar-refractivity contribution in [2.45, 2.75) is 13.8 Å². The van der Waals surface area contributed by atoms with E-state index in [2.05, 4.69) is 20.9 Å². The lowest BCUT2D eigenvalue weighted by molar-refractivity contribution is 0.0746. The Balaban J connectivity index is 1.45. The average Bonchev–Trinajstić information content (AvgIpc) is 2.73. The van der Waals surface area contributed by atoms with Gasteiger partial charge in [-0.1, -0.05) is 40.9 Å². The third-order valence-electron chi connectivity index (χ3n) is 5.15. The van der Waals surface area contributed by atoms with Gasteiger partial charge in [0.05, 0.1) is 5.69 Å². The molecular weight excluding hydrogens is 384 g/mol. The topological polar surface area (TPSA) is 49.3 Å². The number of aromatic nitrogens is 2.